The van der Waals surface area contributed by atoms with Crippen LogP contribution >= 0.6 is 0 Å². The molecule has 0 radical (unpaired) electrons. The van der Waals surface area contributed by atoms with Gasteiger partial charge >= 0.3 is 0 Å². The Hall–Kier alpha value is -0.930. The molecular formula is C15H25N3. The van der Waals surface area contributed by atoms with E-state index in [1.165, 1.54) is 37.7 Å². The summed E-state index contributed by atoms with van der Waals surface area (Å²) in [6.45, 7) is 3.84. The van der Waals surface area contributed by atoms with Crippen LogP contribution in [0.4, 0.5) is 0 Å². The number of hydrogen-bond acceptors (Lipinski definition) is 3. The van der Waals surface area contributed by atoms with Crippen LogP contribution in [-0.2, 0) is 13.1 Å². The van der Waals surface area contributed by atoms with Crippen LogP contribution in [0, 0.1) is 5.92 Å². The molecule has 18 heavy (non-hydrogen) atoms. The molecule has 1 heterocycles. The first-order chi connectivity index (χ1) is 8.78. The quantitative estimate of drug-likeness (QED) is 0.804. The fourth-order valence-electron chi connectivity index (χ4n) is 2.70. The van der Waals surface area contributed by atoms with Crippen LogP contribution in [-0.4, -0.2) is 11.0 Å². The van der Waals surface area contributed by atoms with E-state index in [4.69, 9.17) is 5.73 Å². The molecule has 3 heteroatoms. The predicted octanol–water partition coefficient (Wildman–Crippen LogP) is 2.60. The van der Waals surface area contributed by atoms with E-state index in [-0.39, 0.29) is 0 Å². The van der Waals surface area contributed by atoms with Crippen LogP contribution in [0.3, 0.4) is 0 Å². The van der Waals surface area contributed by atoms with Crippen molar-refractivity contribution < 1.29 is 0 Å². The number of nitrogens with one attached hydrogen (secondary N) is 1. The first kappa shape index (κ1) is 13.5. The maximum absolute atomic E-state index is 5.61. The van der Waals surface area contributed by atoms with Gasteiger partial charge in [0.15, 0.2) is 0 Å². The lowest BCUT2D eigenvalue weighted by atomic mass is 10.0. The Labute approximate surface area is 110 Å². The minimum atomic E-state index is 0.523. The third-order valence-electron chi connectivity index (χ3n) is 3.94. The average molecular weight is 247 g/mol. The third kappa shape index (κ3) is 4.07. The molecule has 1 aromatic heterocycles. The molecular weight excluding hydrogens is 222 g/mol. The summed E-state index contributed by atoms with van der Waals surface area (Å²) in [5.41, 5.74) is 7.88. The van der Waals surface area contributed by atoms with E-state index in [1.807, 2.05) is 6.20 Å². The van der Waals surface area contributed by atoms with Crippen molar-refractivity contribution >= 4 is 0 Å². The van der Waals surface area contributed by atoms with E-state index in [0.29, 0.717) is 12.6 Å². The molecule has 0 aromatic carbocycles. The Bertz CT molecular complexity index is 365. The Balaban J connectivity index is 1.83. The Morgan fingerprint density at radius 1 is 1.33 bits per heavy atom. The zero-order chi connectivity index (χ0) is 12.8. The summed E-state index contributed by atoms with van der Waals surface area (Å²) in [6, 6.07) is 4.86. The molecule has 100 valence electrons. The highest BCUT2D eigenvalue weighted by atomic mass is 14.9. The lowest BCUT2D eigenvalue weighted by molar-refractivity contribution is 0.447. The molecule has 1 fully saturated rings. The van der Waals surface area contributed by atoms with Gasteiger partial charge in [-0.15, -0.1) is 0 Å². The van der Waals surface area contributed by atoms with Crippen LogP contribution in [0.25, 0.3) is 0 Å². The van der Waals surface area contributed by atoms with Crippen molar-refractivity contribution in [3.8, 4) is 0 Å². The van der Waals surface area contributed by atoms with E-state index >= 15 is 0 Å². The van der Waals surface area contributed by atoms with Crippen LogP contribution in [0.5, 0.6) is 0 Å². The summed E-state index contributed by atoms with van der Waals surface area (Å²) in [5, 5.41) is 3.68. The Kier molecular flexibility index (Phi) is 5.14. The van der Waals surface area contributed by atoms with Crippen molar-refractivity contribution in [3.63, 3.8) is 0 Å². The summed E-state index contributed by atoms with van der Waals surface area (Å²) in [5.74, 6) is 0.904. The second kappa shape index (κ2) is 6.86. The normalized spacial score (nSPS) is 24.8. The van der Waals surface area contributed by atoms with Crippen molar-refractivity contribution in [2.75, 3.05) is 0 Å². The standard InChI is InChI=1S/C15H25N3/c1-12-3-2-4-14(6-5-12)18-11-13-7-8-17-15(9-13)10-16/h7-9,12,14,18H,2-6,10-11,16H2,1H3. The van der Waals surface area contributed by atoms with Gasteiger partial charge in [0, 0.05) is 25.3 Å². The van der Waals surface area contributed by atoms with Crippen LogP contribution in [0.2, 0.25) is 0 Å². The van der Waals surface area contributed by atoms with Crippen molar-refractivity contribution in [2.24, 2.45) is 11.7 Å². The van der Waals surface area contributed by atoms with E-state index in [2.05, 4.69) is 29.4 Å². The molecule has 1 aliphatic carbocycles. The minimum absolute atomic E-state index is 0.523. The Morgan fingerprint density at radius 2 is 2.22 bits per heavy atom. The molecule has 0 amide bonds. The molecule has 0 spiro atoms. The minimum Gasteiger partial charge on any atom is -0.325 e. The molecule has 0 aliphatic heterocycles. The largest absolute Gasteiger partial charge is 0.325 e. The van der Waals surface area contributed by atoms with E-state index < -0.39 is 0 Å². The Morgan fingerprint density at radius 3 is 3.06 bits per heavy atom. The molecule has 1 saturated carbocycles. The van der Waals surface area contributed by atoms with Crippen molar-refractivity contribution in [2.45, 2.75) is 58.2 Å². The lowest BCUT2D eigenvalue weighted by Crippen LogP contribution is -2.28. The number of nitrogens with zero attached hydrogens (tertiary/aromatic N) is 1. The maximum atomic E-state index is 5.61. The number of nitrogens with two attached hydrogens (primary N) is 1. The lowest BCUT2D eigenvalue weighted by Gasteiger charge is -2.16. The topological polar surface area (TPSA) is 50.9 Å². The summed E-state index contributed by atoms with van der Waals surface area (Å²) in [4.78, 5) is 4.22. The van der Waals surface area contributed by atoms with Gasteiger partial charge in [0.05, 0.1) is 5.69 Å². The molecule has 3 N–H and O–H groups in total. The van der Waals surface area contributed by atoms with Gasteiger partial charge < -0.3 is 11.1 Å². The fourth-order valence-corrected chi connectivity index (χ4v) is 2.70. The maximum Gasteiger partial charge on any atom is 0.0542 e. The second-order valence-corrected chi connectivity index (χ2v) is 5.55. The van der Waals surface area contributed by atoms with E-state index in [1.54, 1.807) is 0 Å². The van der Waals surface area contributed by atoms with Gasteiger partial charge in [-0.3, -0.25) is 4.98 Å². The summed E-state index contributed by atoms with van der Waals surface area (Å²) >= 11 is 0. The van der Waals surface area contributed by atoms with Crippen molar-refractivity contribution in [1.29, 1.82) is 0 Å². The van der Waals surface area contributed by atoms with Gasteiger partial charge in [-0.05, 0) is 42.9 Å². The van der Waals surface area contributed by atoms with Gasteiger partial charge in [-0.1, -0.05) is 19.8 Å². The molecule has 2 atom stereocenters. The first-order valence-electron chi connectivity index (χ1n) is 7.15. The number of rotatable bonds is 4. The third-order valence-corrected chi connectivity index (χ3v) is 3.94. The highest BCUT2D eigenvalue weighted by Gasteiger charge is 2.15. The number of aromatic nitrogens is 1. The smallest absolute Gasteiger partial charge is 0.0542 e. The molecule has 2 unspecified atom stereocenters. The molecule has 2 rings (SSSR count). The second-order valence-electron chi connectivity index (χ2n) is 5.55. The first-order valence-corrected chi connectivity index (χ1v) is 7.15. The molecule has 1 aliphatic rings. The van der Waals surface area contributed by atoms with Crippen molar-refractivity contribution in [1.82, 2.24) is 10.3 Å². The average Bonchev–Trinajstić information content (AvgIpc) is 2.61. The summed E-state index contributed by atoms with van der Waals surface area (Å²) in [7, 11) is 0. The number of pyridine rings is 1. The van der Waals surface area contributed by atoms with Gasteiger partial charge in [0.2, 0.25) is 0 Å². The fraction of sp³-hybridized carbons (Fsp3) is 0.667. The van der Waals surface area contributed by atoms with Gasteiger partial charge in [-0.2, -0.15) is 0 Å². The highest BCUT2D eigenvalue weighted by molar-refractivity contribution is 5.16. The molecule has 1 aromatic rings. The van der Waals surface area contributed by atoms with Crippen LogP contribution in [0.15, 0.2) is 18.3 Å². The zero-order valence-corrected chi connectivity index (χ0v) is 11.4. The van der Waals surface area contributed by atoms with E-state index in [9.17, 15) is 0 Å². The van der Waals surface area contributed by atoms with Crippen molar-refractivity contribution in [3.05, 3.63) is 29.6 Å². The van der Waals surface area contributed by atoms with Crippen LogP contribution < -0.4 is 11.1 Å². The molecule has 0 saturated heterocycles. The number of hydrogen-bond donors (Lipinski definition) is 2. The monoisotopic (exact) mass is 247 g/mol. The van der Waals surface area contributed by atoms with Gasteiger partial charge in [0.25, 0.3) is 0 Å². The SMILES string of the molecule is CC1CCCC(NCc2ccnc(CN)c2)CC1. The molecule has 0 bridgehead atoms. The predicted molar refractivity (Wildman–Crippen MR) is 75.0 cm³/mol. The summed E-state index contributed by atoms with van der Waals surface area (Å²) in [6.07, 6.45) is 8.61. The van der Waals surface area contributed by atoms with Crippen LogP contribution in [0.1, 0.15) is 50.3 Å². The van der Waals surface area contributed by atoms with E-state index in [0.717, 1.165) is 18.2 Å². The van der Waals surface area contributed by atoms with Gasteiger partial charge in [0.1, 0.15) is 0 Å². The van der Waals surface area contributed by atoms with Gasteiger partial charge in [-0.25, -0.2) is 0 Å². The summed E-state index contributed by atoms with van der Waals surface area (Å²) < 4.78 is 0. The zero-order valence-electron chi connectivity index (χ0n) is 11.4. The molecule has 3 nitrogen and oxygen atoms in total. The highest BCUT2D eigenvalue weighted by Crippen LogP contribution is 2.22.